The number of carboxylic acid groups (broad SMARTS) is 1. The summed E-state index contributed by atoms with van der Waals surface area (Å²) < 4.78 is 6.71. The minimum absolute atomic E-state index is 0.0275. The number of nitrogens with zero attached hydrogens (tertiary/aromatic N) is 2. The van der Waals surface area contributed by atoms with E-state index in [-0.39, 0.29) is 11.1 Å². The lowest BCUT2D eigenvalue weighted by Crippen LogP contribution is -2.49. The van der Waals surface area contributed by atoms with Crippen LogP contribution >= 0.6 is 0 Å². The molecule has 7 heteroatoms. The highest BCUT2D eigenvalue weighted by Crippen LogP contribution is 2.39. The summed E-state index contributed by atoms with van der Waals surface area (Å²) in [7, 11) is -1.94. The monoisotopic (exact) mass is 413 g/mol. The average molecular weight is 414 g/mol. The first-order chi connectivity index (χ1) is 13.5. The largest absolute Gasteiger partial charge is 0.465 e. The van der Waals surface area contributed by atoms with E-state index in [1.165, 1.54) is 5.56 Å². The van der Waals surface area contributed by atoms with Crippen LogP contribution in [0.5, 0.6) is 0 Å². The first kappa shape index (κ1) is 21.3. The molecule has 1 amide bonds. The SMILES string of the molecule is CC(C)(C)[Si](C)(C)OC1Cc2nc(NC(=O)O)ccc2N(Cc2ccccc2)C1. The minimum atomic E-state index is -1.94. The second-order valence-electron chi connectivity index (χ2n) is 9.16. The normalized spacial score (nSPS) is 17.0. The van der Waals surface area contributed by atoms with Crippen LogP contribution in [0.4, 0.5) is 16.3 Å². The molecule has 2 aromatic rings. The van der Waals surface area contributed by atoms with E-state index >= 15 is 0 Å². The van der Waals surface area contributed by atoms with Crippen molar-refractivity contribution in [2.45, 2.75) is 58.0 Å². The van der Waals surface area contributed by atoms with E-state index in [0.29, 0.717) is 12.2 Å². The van der Waals surface area contributed by atoms with Gasteiger partial charge in [0.15, 0.2) is 8.32 Å². The summed E-state index contributed by atoms with van der Waals surface area (Å²) in [6.07, 6.45) is -0.398. The van der Waals surface area contributed by atoms with E-state index in [0.717, 1.165) is 24.5 Å². The Kier molecular flexibility index (Phi) is 6.00. The van der Waals surface area contributed by atoms with E-state index in [1.807, 2.05) is 24.3 Å². The highest BCUT2D eigenvalue weighted by Gasteiger charge is 2.40. The van der Waals surface area contributed by atoms with E-state index in [4.69, 9.17) is 9.53 Å². The maximum atomic E-state index is 11.0. The molecule has 6 nitrogen and oxygen atoms in total. The first-order valence-electron chi connectivity index (χ1n) is 10.0. The lowest BCUT2D eigenvalue weighted by atomic mass is 10.0. The molecule has 2 heterocycles. The molecule has 1 atom stereocenters. The summed E-state index contributed by atoms with van der Waals surface area (Å²) in [5.74, 6) is 0.351. The Balaban J connectivity index is 1.90. The van der Waals surface area contributed by atoms with Crippen molar-refractivity contribution in [3.63, 3.8) is 0 Å². The Morgan fingerprint density at radius 1 is 1.24 bits per heavy atom. The summed E-state index contributed by atoms with van der Waals surface area (Å²) in [6.45, 7) is 12.8. The zero-order valence-corrected chi connectivity index (χ0v) is 18.9. The maximum absolute atomic E-state index is 11.0. The van der Waals surface area contributed by atoms with Crippen molar-refractivity contribution < 1.29 is 14.3 Å². The molecule has 0 bridgehead atoms. The van der Waals surface area contributed by atoms with Gasteiger partial charge in [0.1, 0.15) is 5.82 Å². The molecule has 0 spiro atoms. The number of benzene rings is 1. The van der Waals surface area contributed by atoms with Gasteiger partial charge in [0.2, 0.25) is 0 Å². The van der Waals surface area contributed by atoms with E-state index in [9.17, 15) is 4.79 Å². The number of nitrogens with one attached hydrogen (secondary N) is 1. The Labute approximate surface area is 174 Å². The number of anilines is 2. The van der Waals surface area contributed by atoms with Crippen LogP contribution < -0.4 is 10.2 Å². The van der Waals surface area contributed by atoms with Crippen LogP contribution in [0.1, 0.15) is 32.0 Å². The maximum Gasteiger partial charge on any atom is 0.410 e. The molecule has 0 saturated carbocycles. The van der Waals surface area contributed by atoms with Crippen LogP contribution in [-0.4, -0.2) is 37.1 Å². The number of hydrogen-bond acceptors (Lipinski definition) is 4. The van der Waals surface area contributed by atoms with Gasteiger partial charge in [0.05, 0.1) is 17.5 Å². The van der Waals surface area contributed by atoms with Gasteiger partial charge in [-0.25, -0.2) is 9.78 Å². The van der Waals surface area contributed by atoms with Crippen molar-refractivity contribution in [2.24, 2.45) is 0 Å². The van der Waals surface area contributed by atoms with Gasteiger partial charge in [-0.1, -0.05) is 51.1 Å². The molecule has 29 heavy (non-hydrogen) atoms. The molecular weight excluding hydrogens is 382 g/mol. The third kappa shape index (κ3) is 5.16. The van der Waals surface area contributed by atoms with E-state index in [1.54, 1.807) is 6.07 Å². The predicted octanol–water partition coefficient (Wildman–Crippen LogP) is 5.12. The van der Waals surface area contributed by atoms with Crippen LogP contribution in [-0.2, 0) is 17.4 Å². The molecule has 1 aromatic carbocycles. The fourth-order valence-electron chi connectivity index (χ4n) is 3.36. The highest BCUT2D eigenvalue weighted by molar-refractivity contribution is 6.74. The van der Waals surface area contributed by atoms with Gasteiger partial charge < -0.3 is 14.4 Å². The molecule has 0 fully saturated rings. The number of aromatic nitrogens is 1. The van der Waals surface area contributed by atoms with Gasteiger partial charge in [-0.15, -0.1) is 0 Å². The molecule has 1 aliphatic rings. The average Bonchev–Trinajstić information content (AvgIpc) is 2.60. The van der Waals surface area contributed by atoms with Crippen LogP contribution in [0.2, 0.25) is 18.1 Å². The standard InChI is InChI=1S/C22H31N3O3Si/c1-22(2,3)29(4,5)28-17-13-18-19(11-12-20(23-18)24-21(26)27)25(15-17)14-16-9-7-6-8-10-16/h6-12,17H,13-15H2,1-5H3,(H,23,24)(H,26,27). The third-order valence-electron chi connectivity index (χ3n) is 5.85. The molecule has 0 saturated heterocycles. The Morgan fingerprint density at radius 3 is 2.55 bits per heavy atom. The summed E-state index contributed by atoms with van der Waals surface area (Å²) in [4.78, 5) is 17.9. The Hall–Kier alpha value is -2.38. The fourth-order valence-corrected chi connectivity index (χ4v) is 4.71. The molecule has 1 aromatic heterocycles. The topological polar surface area (TPSA) is 74.7 Å². The van der Waals surface area contributed by atoms with Gasteiger partial charge in [-0.05, 0) is 35.8 Å². The quantitative estimate of drug-likeness (QED) is 0.665. The fraction of sp³-hybridized carbons (Fsp3) is 0.455. The van der Waals surface area contributed by atoms with Crippen LogP contribution in [0, 0.1) is 0 Å². The summed E-state index contributed by atoms with van der Waals surface area (Å²) in [5, 5.41) is 11.5. The van der Waals surface area contributed by atoms with Gasteiger partial charge in [0, 0.05) is 19.5 Å². The van der Waals surface area contributed by atoms with E-state index in [2.05, 4.69) is 61.2 Å². The summed E-state index contributed by atoms with van der Waals surface area (Å²) in [6, 6.07) is 14.0. The first-order valence-corrected chi connectivity index (χ1v) is 12.9. The van der Waals surface area contributed by atoms with E-state index < -0.39 is 14.4 Å². The van der Waals surface area contributed by atoms with Crippen molar-refractivity contribution in [1.29, 1.82) is 0 Å². The number of hydrogen-bond donors (Lipinski definition) is 2. The van der Waals surface area contributed by atoms with Crippen molar-refractivity contribution in [2.75, 3.05) is 16.8 Å². The highest BCUT2D eigenvalue weighted by atomic mass is 28.4. The van der Waals surface area contributed by atoms with Crippen LogP contribution in [0.3, 0.4) is 0 Å². The number of pyridine rings is 1. The van der Waals surface area contributed by atoms with Crippen molar-refractivity contribution in [3.05, 3.63) is 53.7 Å². The lowest BCUT2D eigenvalue weighted by molar-refractivity contribution is 0.178. The Morgan fingerprint density at radius 2 is 1.93 bits per heavy atom. The van der Waals surface area contributed by atoms with Gasteiger partial charge in [-0.3, -0.25) is 5.32 Å². The molecule has 0 aliphatic carbocycles. The smallest absolute Gasteiger partial charge is 0.410 e. The zero-order chi connectivity index (χ0) is 21.2. The third-order valence-corrected chi connectivity index (χ3v) is 10.4. The predicted molar refractivity (Wildman–Crippen MR) is 119 cm³/mol. The summed E-state index contributed by atoms with van der Waals surface area (Å²) in [5.41, 5.74) is 3.14. The Bertz CT molecular complexity index is 865. The second-order valence-corrected chi connectivity index (χ2v) is 13.9. The second kappa shape index (κ2) is 8.16. The van der Waals surface area contributed by atoms with Crippen LogP contribution in [0.15, 0.2) is 42.5 Å². The summed E-state index contributed by atoms with van der Waals surface area (Å²) >= 11 is 0. The molecule has 1 unspecified atom stereocenters. The van der Waals surface area contributed by atoms with Gasteiger partial charge >= 0.3 is 6.09 Å². The molecule has 0 radical (unpaired) electrons. The minimum Gasteiger partial charge on any atom is -0.465 e. The molecule has 3 rings (SSSR count). The zero-order valence-electron chi connectivity index (χ0n) is 17.9. The van der Waals surface area contributed by atoms with Crippen molar-refractivity contribution in [3.8, 4) is 0 Å². The molecule has 1 aliphatic heterocycles. The molecule has 2 N–H and O–H groups in total. The van der Waals surface area contributed by atoms with Gasteiger partial charge in [-0.2, -0.15) is 0 Å². The van der Waals surface area contributed by atoms with Crippen LogP contribution in [0.25, 0.3) is 0 Å². The number of rotatable bonds is 5. The van der Waals surface area contributed by atoms with Gasteiger partial charge in [0.25, 0.3) is 0 Å². The number of carbonyl (C=O) groups is 1. The van der Waals surface area contributed by atoms with Crippen molar-refractivity contribution >= 4 is 25.9 Å². The van der Waals surface area contributed by atoms with Crippen molar-refractivity contribution in [1.82, 2.24) is 4.98 Å². The number of fused-ring (bicyclic) bond motifs is 1. The number of amides is 1. The lowest BCUT2D eigenvalue weighted by Gasteiger charge is -2.43. The molecule has 156 valence electrons. The molecular formula is C22H31N3O3Si.